The molecule has 0 saturated heterocycles. The SMILES string of the molecule is IOCCn1cncn1. The lowest BCUT2D eigenvalue weighted by Gasteiger charge is -1.94. The fraction of sp³-hybridized carbons (Fsp3) is 0.500. The number of rotatable bonds is 3. The van der Waals surface area contributed by atoms with Crippen LogP contribution in [0.5, 0.6) is 0 Å². The molecule has 0 N–H and O–H groups in total. The summed E-state index contributed by atoms with van der Waals surface area (Å²) in [4.78, 5) is 3.77. The van der Waals surface area contributed by atoms with Crippen molar-refractivity contribution in [1.29, 1.82) is 0 Å². The first-order valence-corrected chi connectivity index (χ1v) is 3.37. The monoisotopic (exact) mass is 239 g/mol. The van der Waals surface area contributed by atoms with E-state index in [9.17, 15) is 0 Å². The van der Waals surface area contributed by atoms with Crippen molar-refractivity contribution < 1.29 is 3.07 Å². The van der Waals surface area contributed by atoms with Gasteiger partial charge in [-0.3, -0.25) is 4.68 Å². The van der Waals surface area contributed by atoms with Crippen molar-refractivity contribution in [2.45, 2.75) is 6.54 Å². The van der Waals surface area contributed by atoms with Gasteiger partial charge in [-0.25, -0.2) is 4.98 Å². The van der Waals surface area contributed by atoms with E-state index in [4.69, 9.17) is 3.07 Å². The van der Waals surface area contributed by atoms with Crippen molar-refractivity contribution in [1.82, 2.24) is 14.8 Å². The number of nitrogens with zero attached hydrogens (tertiary/aromatic N) is 3. The maximum atomic E-state index is 4.80. The molecule has 0 aliphatic carbocycles. The van der Waals surface area contributed by atoms with E-state index < -0.39 is 0 Å². The van der Waals surface area contributed by atoms with Crippen LogP contribution in [0.2, 0.25) is 0 Å². The van der Waals surface area contributed by atoms with Crippen LogP contribution in [0.15, 0.2) is 12.7 Å². The molecule has 0 bridgehead atoms. The first-order chi connectivity index (χ1) is 4.43. The average Bonchev–Trinajstić information content (AvgIpc) is 2.34. The van der Waals surface area contributed by atoms with Crippen molar-refractivity contribution in [2.75, 3.05) is 6.61 Å². The first kappa shape index (κ1) is 6.94. The summed E-state index contributed by atoms with van der Waals surface area (Å²) in [7, 11) is 0. The van der Waals surface area contributed by atoms with Crippen LogP contribution in [-0.4, -0.2) is 21.4 Å². The molecule has 5 heteroatoms. The number of hydrogen-bond donors (Lipinski definition) is 0. The van der Waals surface area contributed by atoms with Crippen molar-refractivity contribution in [2.24, 2.45) is 0 Å². The van der Waals surface area contributed by atoms with Crippen molar-refractivity contribution in [3.8, 4) is 0 Å². The predicted molar refractivity (Wildman–Crippen MR) is 40.0 cm³/mol. The molecule has 4 nitrogen and oxygen atoms in total. The molecule has 1 aromatic heterocycles. The van der Waals surface area contributed by atoms with E-state index in [2.05, 4.69) is 10.1 Å². The second-order valence-electron chi connectivity index (χ2n) is 1.47. The Morgan fingerprint density at radius 1 is 1.67 bits per heavy atom. The van der Waals surface area contributed by atoms with Crippen LogP contribution >= 0.6 is 23.0 Å². The molecule has 0 radical (unpaired) electrons. The Morgan fingerprint density at radius 3 is 3.11 bits per heavy atom. The summed E-state index contributed by atoms with van der Waals surface area (Å²) in [6.07, 6.45) is 3.17. The van der Waals surface area contributed by atoms with E-state index in [1.54, 1.807) is 11.0 Å². The van der Waals surface area contributed by atoms with Crippen LogP contribution in [0, 0.1) is 0 Å². The number of hydrogen-bond acceptors (Lipinski definition) is 3. The molecule has 0 spiro atoms. The smallest absolute Gasteiger partial charge is 0.137 e. The Hall–Kier alpha value is -0.170. The van der Waals surface area contributed by atoms with E-state index in [1.165, 1.54) is 6.33 Å². The highest BCUT2D eigenvalue weighted by atomic mass is 127. The van der Waals surface area contributed by atoms with E-state index in [0.29, 0.717) is 6.61 Å². The van der Waals surface area contributed by atoms with Crippen molar-refractivity contribution in [3.05, 3.63) is 12.7 Å². The summed E-state index contributed by atoms with van der Waals surface area (Å²) < 4.78 is 6.52. The molecule has 0 saturated carbocycles. The predicted octanol–water partition coefficient (Wildman–Crippen LogP) is 0.645. The highest BCUT2D eigenvalue weighted by Crippen LogP contribution is 1.86. The molecule has 0 unspecified atom stereocenters. The summed E-state index contributed by atoms with van der Waals surface area (Å²) in [5.74, 6) is 0. The molecule has 1 rings (SSSR count). The molecule has 1 aromatic rings. The maximum Gasteiger partial charge on any atom is 0.137 e. The highest BCUT2D eigenvalue weighted by molar-refractivity contribution is 14.1. The van der Waals surface area contributed by atoms with E-state index in [1.807, 2.05) is 23.0 Å². The standard InChI is InChI=1S/C4H6IN3O/c5-9-2-1-8-4-6-3-7-8/h3-4H,1-2H2. The molecule has 0 fully saturated rings. The topological polar surface area (TPSA) is 39.9 Å². The van der Waals surface area contributed by atoms with E-state index in [0.717, 1.165) is 6.54 Å². The van der Waals surface area contributed by atoms with Crippen LogP contribution in [0.1, 0.15) is 0 Å². The van der Waals surface area contributed by atoms with Crippen LogP contribution in [-0.2, 0) is 9.61 Å². The Labute approximate surface area is 66.9 Å². The minimum absolute atomic E-state index is 0.671. The van der Waals surface area contributed by atoms with Gasteiger partial charge < -0.3 is 3.07 Å². The second kappa shape index (κ2) is 3.78. The third-order valence-electron chi connectivity index (χ3n) is 0.864. The van der Waals surface area contributed by atoms with Crippen molar-refractivity contribution >= 4 is 23.0 Å². The lowest BCUT2D eigenvalue weighted by molar-refractivity contribution is 0.379. The molecule has 0 aliphatic heterocycles. The molecule has 50 valence electrons. The molecule has 1 heterocycles. The molecule has 0 amide bonds. The third-order valence-corrected chi connectivity index (χ3v) is 1.30. The van der Waals surface area contributed by atoms with E-state index >= 15 is 0 Å². The minimum atomic E-state index is 0.671. The Morgan fingerprint density at radius 2 is 2.56 bits per heavy atom. The van der Waals surface area contributed by atoms with Gasteiger partial charge in [0.25, 0.3) is 0 Å². The van der Waals surface area contributed by atoms with Gasteiger partial charge in [0.1, 0.15) is 35.7 Å². The molecular formula is C4H6IN3O. The molecule has 0 atom stereocenters. The Bertz CT molecular complexity index is 153. The lowest BCUT2D eigenvalue weighted by Crippen LogP contribution is -2.02. The largest absolute Gasteiger partial charge is 0.314 e. The van der Waals surface area contributed by atoms with E-state index in [-0.39, 0.29) is 0 Å². The second-order valence-corrected chi connectivity index (χ2v) is 2.09. The van der Waals surface area contributed by atoms with Gasteiger partial charge in [-0.1, -0.05) is 0 Å². The number of aromatic nitrogens is 3. The zero-order chi connectivity index (χ0) is 6.53. The van der Waals surface area contributed by atoms with Gasteiger partial charge in [0.2, 0.25) is 0 Å². The molecular weight excluding hydrogens is 233 g/mol. The van der Waals surface area contributed by atoms with Gasteiger partial charge in [0.05, 0.1) is 13.2 Å². The summed E-state index contributed by atoms with van der Waals surface area (Å²) in [6, 6.07) is 0. The van der Waals surface area contributed by atoms with Gasteiger partial charge in [-0.2, -0.15) is 5.10 Å². The van der Waals surface area contributed by atoms with Gasteiger partial charge in [-0.05, 0) is 0 Å². The van der Waals surface area contributed by atoms with Gasteiger partial charge in [-0.15, -0.1) is 0 Å². The Balaban J connectivity index is 2.30. The zero-order valence-electron chi connectivity index (χ0n) is 4.70. The highest BCUT2D eigenvalue weighted by Gasteiger charge is 1.87. The summed E-state index contributed by atoms with van der Waals surface area (Å²) in [6.45, 7) is 1.44. The fourth-order valence-corrected chi connectivity index (χ4v) is 0.673. The van der Waals surface area contributed by atoms with Gasteiger partial charge in [0.15, 0.2) is 0 Å². The molecule has 9 heavy (non-hydrogen) atoms. The zero-order valence-corrected chi connectivity index (χ0v) is 6.85. The summed E-state index contributed by atoms with van der Waals surface area (Å²) in [5.41, 5.74) is 0. The molecule has 0 aliphatic rings. The molecule has 0 aromatic carbocycles. The number of halogens is 1. The third kappa shape index (κ3) is 2.27. The quantitative estimate of drug-likeness (QED) is 0.727. The maximum absolute atomic E-state index is 4.80. The lowest BCUT2D eigenvalue weighted by atomic mass is 10.7. The fourth-order valence-electron chi connectivity index (χ4n) is 0.476. The summed E-state index contributed by atoms with van der Waals surface area (Å²) >= 11 is 1.85. The van der Waals surface area contributed by atoms with Crippen molar-refractivity contribution in [3.63, 3.8) is 0 Å². The van der Waals surface area contributed by atoms with Crippen LogP contribution in [0.3, 0.4) is 0 Å². The first-order valence-electron chi connectivity index (χ1n) is 2.49. The minimum Gasteiger partial charge on any atom is -0.314 e. The van der Waals surface area contributed by atoms with Gasteiger partial charge in [0, 0.05) is 0 Å². The average molecular weight is 239 g/mol. The van der Waals surface area contributed by atoms with Gasteiger partial charge >= 0.3 is 0 Å². The normalized spacial score (nSPS) is 9.89. The van der Waals surface area contributed by atoms with Crippen LogP contribution < -0.4 is 0 Å². The summed E-state index contributed by atoms with van der Waals surface area (Å²) in [5, 5.41) is 3.88. The van der Waals surface area contributed by atoms with Crippen LogP contribution in [0.25, 0.3) is 0 Å². The Kier molecular flexibility index (Phi) is 2.92. The van der Waals surface area contributed by atoms with Crippen LogP contribution in [0.4, 0.5) is 0 Å².